The van der Waals surface area contributed by atoms with Gasteiger partial charge in [0.05, 0.1) is 19.7 Å². The second-order valence-electron chi connectivity index (χ2n) is 8.28. The molecule has 1 aliphatic heterocycles. The molecule has 1 aromatic rings. The Morgan fingerprint density at radius 3 is 2.50 bits per heavy atom. The minimum Gasteiger partial charge on any atom is -0.496 e. The molecule has 6 heteroatoms. The Kier molecular flexibility index (Phi) is 8.58. The van der Waals surface area contributed by atoms with E-state index in [4.69, 9.17) is 9.73 Å². The zero-order chi connectivity index (χ0) is 20.6. The monoisotopic (exact) mass is 389 g/mol. The maximum absolute atomic E-state index is 5.65. The van der Waals surface area contributed by atoms with Crippen LogP contribution in [-0.4, -0.2) is 75.2 Å². The molecule has 0 saturated carbocycles. The van der Waals surface area contributed by atoms with E-state index < -0.39 is 0 Å². The standard InChI is InChI=1S/C22H39N5O/c1-7-23-21(25-17-22(2,3)26(4)5)24-16-19(27-14-10-11-15-27)18-12-8-9-13-20(18)28-6/h8-9,12-13,19H,7,10-11,14-17H2,1-6H3,(H2,23,24,25). The highest BCUT2D eigenvalue weighted by Crippen LogP contribution is 2.31. The smallest absolute Gasteiger partial charge is 0.191 e. The predicted octanol–water partition coefficient (Wildman–Crippen LogP) is 2.73. The first-order valence-corrected chi connectivity index (χ1v) is 10.5. The fraction of sp³-hybridized carbons (Fsp3) is 0.682. The molecule has 1 atom stereocenters. The van der Waals surface area contributed by atoms with E-state index in [-0.39, 0.29) is 11.6 Å². The number of likely N-dealkylation sites (N-methyl/N-ethyl adjacent to an activating group) is 1. The van der Waals surface area contributed by atoms with Gasteiger partial charge >= 0.3 is 0 Å². The first-order valence-electron chi connectivity index (χ1n) is 10.5. The molecule has 158 valence electrons. The van der Waals surface area contributed by atoms with Gasteiger partial charge in [0.25, 0.3) is 0 Å². The average molecular weight is 390 g/mol. The highest BCUT2D eigenvalue weighted by Gasteiger charge is 2.26. The number of nitrogens with zero attached hydrogens (tertiary/aromatic N) is 3. The van der Waals surface area contributed by atoms with Gasteiger partial charge in [-0.3, -0.25) is 9.89 Å². The highest BCUT2D eigenvalue weighted by atomic mass is 16.5. The van der Waals surface area contributed by atoms with Crippen LogP contribution in [0.1, 0.15) is 45.2 Å². The molecule has 28 heavy (non-hydrogen) atoms. The van der Waals surface area contributed by atoms with Gasteiger partial charge in [0.2, 0.25) is 0 Å². The Labute approximate surface area is 171 Å². The molecule has 2 N–H and O–H groups in total. The SMILES string of the molecule is CCNC(=NCC(C)(C)N(C)C)NCC(c1ccccc1OC)N1CCCC1. The summed E-state index contributed by atoms with van der Waals surface area (Å²) in [6.07, 6.45) is 2.52. The van der Waals surface area contributed by atoms with Gasteiger partial charge < -0.3 is 20.3 Å². The van der Waals surface area contributed by atoms with Crippen molar-refractivity contribution in [2.75, 3.05) is 53.9 Å². The summed E-state index contributed by atoms with van der Waals surface area (Å²) in [6, 6.07) is 8.63. The average Bonchev–Trinajstić information content (AvgIpc) is 3.21. The molecule has 1 aliphatic rings. The number of benzene rings is 1. The summed E-state index contributed by atoms with van der Waals surface area (Å²) in [5, 5.41) is 6.97. The van der Waals surface area contributed by atoms with Crippen LogP contribution in [0.4, 0.5) is 0 Å². The summed E-state index contributed by atoms with van der Waals surface area (Å²) < 4.78 is 5.65. The van der Waals surface area contributed by atoms with Gasteiger partial charge in [-0.1, -0.05) is 18.2 Å². The molecular formula is C22H39N5O. The van der Waals surface area contributed by atoms with Crippen molar-refractivity contribution in [2.24, 2.45) is 4.99 Å². The second-order valence-corrected chi connectivity index (χ2v) is 8.28. The van der Waals surface area contributed by atoms with Gasteiger partial charge in [-0.05, 0) is 66.9 Å². The molecular weight excluding hydrogens is 350 g/mol. The Morgan fingerprint density at radius 1 is 1.21 bits per heavy atom. The van der Waals surface area contributed by atoms with Gasteiger partial charge in [-0.25, -0.2) is 0 Å². The number of aliphatic imine (C=N–C) groups is 1. The topological polar surface area (TPSA) is 52.1 Å². The molecule has 1 aromatic carbocycles. The van der Waals surface area contributed by atoms with E-state index >= 15 is 0 Å². The number of nitrogens with one attached hydrogen (secondary N) is 2. The normalized spacial score (nSPS) is 17.0. The van der Waals surface area contributed by atoms with Crippen molar-refractivity contribution >= 4 is 5.96 Å². The Balaban J connectivity index is 2.15. The van der Waals surface area contributed by atoms with Crippen LogP contribution >= 0.6 is 0 Å². The molecule has 6 nitrogen and oxygen atoms in total. The largest absolute Gasteiger partial charge is 0.496 e. The molecule has 0 bridgehead atoms. The maximum Gasteiger partial charge on any atom is 0.191 e. The lowest BCUT2D eigenvalue weighted by molar-refractivity contribution is 0.204. The molecule has 0 amide bonds. The van der Waals surface area contributed by atoms with Crippen molar-refractivity contribution < 1.29 is 4.74 Å². The van der Waals surface area contributed by atoms with Crippen molar-refractivity contribution in [1.29, 1.82) is 0 Å². The third-order valence-corrected chi connectivity index (χ3v) is 5.72. The van der Waals surface area contributed by atoms with Crippen LogP contribution in [0.3, 0.4) is 0 Å². The summed E-state index contributed by atoms with van der Waals surface area (Å²) in [4.78, 5) is 9.61. The van der Waals surface area contributed by atoms with Crippen molar-refractivity contribution in [3.8, 4) is 5.75 Å². The summed E-state index contributed by atoms with van der Waals surface area (Å²) in [5.74, 6) is 1.83. The van der Waals surface area contributed by atoms with Gasteiger partial charge in [0, 0.05) is 24.2 Å². The Hall–Kier alpha value is -1.79. The third-order valence-electron chi connectivity index (χ3n) is 5.72. The number of likely N-dealkylation sites (tertiary alicyclic amines) is 1. The fourth-order valence-electron chi connectivity index (χ4n) is 3.38. The first kappa shape index (κ1) is 22.5. The molecule has 0 aliphatic carbocycles. The lowest BCUT2D eigenvalue weighted by Crippen LogP contribution is -2.45. The summed E-state index contributed by atoms with van der Waals surface area (Å²) in [6.45, 7) is 11.2. The van der Waals surface area contributed by atoms with Crippen LogP contribution in [-0.2, 0) is 0 Å². The van der Waals surface area contributed by atoms with E-state index in [2.05, 4.69) is 73.5 Å². The van der Waals surface area contributed by atoms with Gasteiger partial charge in [-0.15, -0.1) is 0 Å². The number of rotatable bonds is 9. The number of ether oxygens (including phenoxy) is 1. The Morgan fingerprint density at radius 2 is 1.89 bits per heavy atom. The van der Waals surface area contributed by atoms with E-state index in [1.807, 2.05) is 6.07 Å². The van der Waals surface area contributed by atoms with Crippen LogP contribution in [0.5, 0.6) is 5.75 Å². The molecule has 1 heterocycles. The quantitative estimate of drug-likeness (QED) is 0.502. The van der Waals surface area contributed by atoms with Gasteiger partial charge in [-0.2, -0.15) is 0 Å². The van der Waals surface area contributed by atoms with Gasteiger partial charge in [0.15, 0.2) is 5.96 Å². The fourth-order valence-corrected chi connectivity index (χ4v) is 3.38. The maximum atomic E-state index is 5.65. The van der Waals surface area contributed by atoms with Crippen molar-refractivity contribution in [1.82, 2.24) is 20.4 Å². The summed E-state index contributed by atoms with van der Waals surface area (Å²) in [7, 11) is 5.95. The van der Waals surface area contributed by atoms with Crippen LogP contribution in [0.25, 0.3) is 0 Å². The molecule has 2 rings (SSSR count). The van der Waals surface area contributed by atoms with Gasteiger partial charge in [0.1, 0.15) is 5.75 Å². The predicted molar refractivity (Wildman–Crippen MR) is 118 cm³/mol. The summed E-state index contributed by atoms with van der Waals surface area (Å²) in [5.41, 5.74) is 1.25. The molecule has 0 spiro atoms. The van der Waals surface area contributed by atoms with Crippen LogP contribution in [0, 0.1) is 0 Å². The minimum absolute atomic E-state index is 0.0132. The van der Waals surface area contributed by atoms with E-state index in [1.54, 1.807) is 7.11 Å². The zero-order valence-corrected chi connectivity index (χ0v) is 18.6. The van der Waals surface area contributed by atoms with E-state index in [0.717, 1.165) is 44.4 Å². The lowest BCUT2D eigenvalue weighted by Gasteiger charge is -2.32. The molecule has 1 unspecified atom stereocenters. The minimum atomic E-state index is 0.0132. The number of methoxy groups -OCH3 is 1. The number of guanidine groups is 1. The number of hydrogen-bond donors (Lipinski definition) is 2. The van der Waals surface area contributed by atoms with Crippen LogP contribution < -0.4 is 15.4 Å². The second kappa shape index (κ2) is 10.7. The van der Waals surface area contributed by atoms with Crippen LogP contribution in [0.2, 0.25) is 0 Å². The molecule has 0 radical (unpaired) electrons. The number of para-hydroxylation sites is 1. The lowest BCUT2D eigenvalue weighted by atomic mass is 10.0. The van der Waals surface area contributed by atoms with Crippen molar-refractivity contribution in [2.45, 2.75) is 45.2 Å². The van der Waals surface area contributed by atoms with Crippen molar-refractivity contribution in [3.63, 3.8) is 0 Å². The number of hydrogen-bond acceptors (Lipinski definition) is 4. The van der Waals surface area contributed by atoms with Crippen LogP contribution in [0.15, 0.2) is 29.3 Å². The zero-order valence-electron chi connectivity index (χ0n) is 18.6. The first-order chi connectivity index (χ1) is 13.4. The van der Waals surface area contributed by atoms with E-state index in [1.165, 1.54) is 18.4 Å². The Bertz CT molecular complexity index is 623. The molecule has 1 saturated heterocycles. The molecule has 1 fully saturated rings. The van der Waals surface area contributed by atoms with E-state index in [9.17, 15) is 0 Å². The summed E-state index contributed by atoms with van der Waals surface area (Å²) >= 11 is 0. The third kappa shape index (κ3) is 6.11. The molecule has 0 aromatic heterocycles. The highest BCUT2D eigenvalue weighted by molar-refractivity contribution is 5.79. The van der Waals surface area contributed by atoms with Crippen molar-refractivity contribution in [3.05, 3.63) is 29.8 Å². The van der Waals surface area contributed by atoms with E-state index in [0.29, 0.717) is 0 Å².